The van der Waals surface area contributed by atoms with E-state index in [0.29, 0.717) is 12.6 Å². The van der Waals surface area contributed by atoms with Gasteiger partial charge in [0.2, 0.25) is 0 Å². The van der Waals surface area contributed by atoms with E-state index < -0.39 is 11.6 Å². The number of benzene rings is 1. The molecule has 2 heterocycles. The molecule has 1 aromatic rings. The SMILES string of the molecule is O=C(c1cc(F)cc(F)c1)N1CCCC1C1CCCN1. The van der Waals surface area contributed by atoms with E-state index in [-0.39, 0.29) is 17.5 Å². The summed E-state index contributed by atoms with van der Waals surface area (Å²) in [4.78, 5) is 14.3. The fraction of sp³-hybridized carbons (Fsp3) is 0.533. The smallest absolute Gasteiger partial charge is 0.254 e. The second-order valence-corrected chi connectivity index (χ2v) is 5.57. The lowest BCUT2D eigenvalue weighted by atomic mass is 10.0. The van der Waals surface area contributed by atoms with E-state index in [1.807, 2.05) is 0 Å². The number of hydrogen-bond acceptors (Lipinski definition) is 2. The average molecular weight is 280 g/mol. The number of likely N-dealkylation sites (tertiary alicyclic amines) is 1. The minimum atomic E-state index is -0.705. The first-order valence-corrected chi connectivity index (χ1v) is 7.15. The van der Waals surface area contributed by atoms with Gasteiger partial charge in [0.1, 0.15) is 11.6 Å². The van der Waals surface area contributed by atoms with Crippen molar-refractivity contribution in [1.82, 2.24) is 10.2 Å². The predicted molar refractivity (Wildman–Crippen MR) is 71.4 cm³/mol. The molecular weight excluding hydrogens is 262 g/mol. The van der Waals surface area contributed by atoms with Crippen molar-refractivity contribution in [3.63, 3.8) is 0 Å². The lowest BCUT2D eigenvalue weighted by Crippen LogP contribution is -2.46. The van der Waals surface area contributed by atoms with E-state index in [1.54, 1.807) is 4.90 Å². The van der Waals surface area contributed by atoms with Crippen molar-refractivity contribution < 1.29 is 13.6 Å². The van der Waals surface area contributed by atoms with Crippen molar-refractivity contribution in [3.8, 4) is 0 Å². The molecule has 0 aliphatic carbocycles. The van der Waals surface area contributed by atoms with Gasteiger partial charge >= 0.3 is 0 Å². The van der Waals surface area contributed by atoms with Gasteiger partial charge in [-0.05, 0) is 44.4 Å². The number of amides is 1. The van der Waals surface area contributed by atoms with E-state index in [4.69, 9.17) is 0 Å². The third-order valence-corrected chi connectivity index (χ3v) is 4.23. The summed E-state index contributed by atoms with van der Waals surface area (Å²) in [5.41, 5.74) is 0.104. The molecule has 3 rings (SSSR count). The minimum absolute atomic E-state index is 0.104. The van der Waals surface area contributed by atoms with Crippen molar-refractivity contribution in [2.24, 2.45) is 0 Å². The maximum absolute atomic E-state index is 13.3. The fourth-order valence-corrected chi connectivity index (χ4v) is 3.35. The molecule has 2 atom stereocenters. The van der Waals surface area contributed by atoms with Gasteiger partial charge in [0.25, 0.3) is 5.91 Å². The van der Waals surface area contributed by atoms with Crippen molar-refractivity contribution in [2.75, 3.05) is 13.1 Å². The first-order valence-electron chi connectivity index (χ1n) is 7.15. The van der Waals surface area contributed by atoms with Crippen LogP contribution in [0.1, 0.15) is 36.0 Å². The van der Waals surface area contributed by atoms with Crippen LogP contribution in [-0.4, -0.2) is 36.0 Å². The molecule has 3 nitrogen and oxygen atoms in total. The standard InChI is InChI=1S/C15H18F2N2O/c16-11-7-10(8-12(17)9-11)15(20)19-6-2-4-14(19)13-3-1-5-18-13/h7-9,13-14,18H,1-6H2. The molecule has 20 heavy (non-hydrogen) atoms. The lowest BCUT2D eigenvalue weighted by molar-refractivity contribution is 0.0710. The van der Waals surface area contributed by atoms with Crippen LogP contribution >= 0.6 is 0 Å². The van der Waals surface area contributed by atoms with Crippen molar-refractivity contribution >= 4 is 5.91 Å². The number of halogens is 2. The molecule has 1 N–H and O–H groups in total. The zero-order valence-corrected chi connectivity index (χ0v) is 11.2. The summed E-state index contributed by atoms with van der Waals surface area (Å²) < 4.78 is 26.5. The molecule has 0 saturated carbocycles. The topological polar surface area (TPSA) is 32.3 Å². The highest BCUT2D eigenvalue weighted by atomic mass is 19.1. The summed E-state index contributed by atoms with van der Waals surface area (Å²) in [6.07, 6.45) is 4.09. The molecule has 0 bridgehead atoms. The molecule has 2 aliphatic rings. The molecule has 0 radical (unpaired) electrons. The Balaban J connectivity index is 1.81. The lowest BCUT2D eigenvalue weighted by Gasteiger charge is -2.29. The summed E-state index contributed by atoms with van der Waals surface area (Å²) >= 11 is 0. The number of hydrogen-bond donors (Lipinski definition) is 1. The van der Waals surface area contributed by atoms with Gasteiger partial charge in [-0.15, -0.1) is 0 Å². The monoisotopic (exact) mass is 280 g/mol. The minimum Gasteiger partial charge on any atom is -0.334 e. The Labute approximate surface area is 117 Å². The van der Waals surface area contributed by atoms with Crippen molar-refractivity contribution in [1.29, 1.82) is 0 Å². The molecule has 5 heteroatoms. The number of nitrogens with zero attached hydrogens (tertiary/aromatic N) is 1. The molecular formula is C15H18F2N2O. The zero-order valence-electron chi connectivity index (χ0n) is 11.2. The van der Waals surface area contributed by atoms with E-state index in [1.165, 1.54) is 0 Å². The largest absolute Gasteiger partial charge is 0.334 e. The molecule has 2 saturated heterocycles. The van der Waals surface area contributed by atoms with Crippen molar-refractivity contribution in [3.05, 3.63) is 35.4 Å². The number of carbonyl (C=O) groups excluding carboxylic acids is 1. The average Bonchev–Trinajstić information content (AvgIpc) is 3.07. The zero-order chi connectivity index (χ0) is 14.1. The summed E-state index contributed by atoms with van der Waals surface area (Å²) in [5, 5.41) is 3.42. The number of carbonyl (C=O) groups is 1. The molecule has 2 aliphatic heterocycles. The molecule has 2 fully saturated rings. The Bertz CT molecular complexity index is 494. The second-order valence-electron chi connectivity index (χ2n) is 5.57. The quantitative estimate of drug-likeness (QED) is 0.901. The van der Waals surface area contributed by atoms with Gasteiger partial charge in [0.05, 0.1) is 0 Å². The fourth-order valence-electron chi connectivity index (χ4n) is 3.35. The third kappa shape index (κ3) is 2.54. The second kappa shape index (κ2) is 5.48. The number of nitrogens with one attached hydrogen (secondary N) is 1. The van der Waals surface area contributed by atoms with Crippen LogP contribution in [0.4, 0.5) is 8.78 Å². The van der Waals surface area contributed by atoms with Gasteiger partial charge in [0, 0.05) is 30.3 Å². The van der Waals surface area contributed by atoms with Gasteiger partial charge in [-0.1, -0.05) is 0 Å². The summed E-state index contributed by atoms with van der Waals surface area (Å²) in [6.45, 7) is 1.65. The van der Waals surface area contributed by atoms with E-state index >= 15 is 0 Å². The Morgan fingerprint density at radius 3 is 2.55 bits per heavy atom. The van der Waals surface area contributed by atoms with Crippen LogP contribution in [0.15, 0.2) is 18.2 Å². The molecule has 108 valence electrons. The van der Waals surface area contributed by atoms with Gasteiger partial charge in [-0.25, -0.2) is 8.78 Å². The molecule has 0 aromatic heterocycles. The number of rotatable bonds is 2. The molecule has 1 amide bonds. The molecule has 1 aromatic carbocycles. The summed E-state index contributed by atoms with van der Waals surface area (Å²) in [5.74, 6) is -1.68. The summed E-state index contributed by atoms with van der Waals surface area (Å²) in [7, 11) is 0. The van der Waals surface area contributed by atoms with Gasteiger partial charge in [-0.3, -0.25) is 4.79 Å². The first kappa shape index (κ1) is 13.5. The highest BCUT2D eigenvalue weighted by Gasteiger charge is 2.36. The van der Waals surface area contributed by atoms with Crippen LogP contribution in [0.3, 0.4) is 0 Å². The van der Waals surface area contributed by atoms with Crippen LogP contribution in [0, 0.1) is 11.6 Å². The Morgan fingerprint density at radius 2 is 1.90 bits per heavy atom. The summed E-state index contributed by atoms with van der Waals surface area (Å²) in [6, 6.07) is 3.49. The maximum atomic E-state index is 13.3. The third-order valence-electron chi connectivity index (χ3n) is 4.23. The van der Waals surface area contributed by atoms with Crippen molar-refractivity contribution in [2.45, 2.75) is 37.8 Å². The maximum Gasteiger partial charge on any atom is 0.254 e. The van der Waals surface area contributed by atoms with Crippen LogP contribution in [0.5, 0.6) is 0 Å². The van der Waals surface area contributed by atoms with Gasteiger partial charge in [0.15, 0.2) is 0 Å². The van der Waals surface area contributed by atoms with E-state index in [2.05, 4.69) is 5.32 Å². The Hall–Kier alpha value is -1.49. The Kier molecular flexibility index (Phi) is 3.70. The highest BCUT2D eigenvalue weighted by molar-refractivity contribution is 5.94. The normalized spacial score (nSPS) is 26.2. The molecule has 2 unspecified atom stereocenters. The van der Waals surface area contributed by atoms with Crippen LogP contribution < -0.4 is 5.32 Å². The van der Waals surface area contributed by atoms with Crippen LogP contribution in [0.25, 0.3) is 0 Å². The Morgan fingerprint density at radius 1 is 1.15 bits per heavy atom. The predicted octanol–water partition coefficient (Wildman–Crippen LogP) is 2.32. The molecule has 0 spiro atoms. The van der Waals surface area contributed by atoms with Gasteiger partial charge < -0.3 is 10.2 Å². The van der Waals surface area contributed by atoms with Gasteiger partial charge in [-0.2, -0.15) is 0 Å². The van der Waals surface area contributed by atoms with Crippen LogP contribution in [0.2, 0.25) is 0 Å². The van der Waals surface area contributed by atoms with E-state index in [9.17, 15) is 13.6 Å². The first-order chi connectivity index (χ1) is 9.65. The van der Waals surface area contributed by atoms with Crippen LogP contribution in [-0.2, 0) is 0 Å². The highest BCUT2D eigenvalue weighted by Crippen LogP contribution is 2.26. The van der Waals surface area contributed by atoms with E-state index in [0.717, 1.165) is 50.4 Å².